The first kappa shape index (κ1) is 12.7. The van der Waals surface area contributed by atoms with Crippen molar-refractivity contribution < 1.29 is 9.52 Å². The third kappa shape index (κ3) is 2.72. The largest absolute Gasteiger partial charge is 0.463 e. The molecule has 0 amide bonds. The topological polar surface area (TPSA) is 59.4 Å². The zero-order valence-corrected chi connectivity index (χ0v) is 10.7. The number of hydrogen-bond donors (Lipinski definition) is 2. The van der Waals surface area contributed by atoms with Gasteiger partial charge in [-0.15, -0.1) is 0 Å². The number of aliphatic hydroxyl groups is 1. The van der Waals surface area contributed by atoms with Crippen LogP contribution in [0.25, 0.3) is 0 Å². The molecule has 4 atom stereocenters. The lowest BCUT2D eigenvalue weighted by Gasteiger charge is -2.18. The van der Waals surface area contributed by atoms with Crippen LogP contribution < -0.4 is 5.73 Å². The van der Waals surface area contributed by atoms with Crippen molar-refractivity contribution in [2.45, 2.75) is 45.1 Å². The third-order valence-corrected chi connectivity index (χ3v) is 3.82. The molecule has 0 spiro atoms. The molecule has 0 aromatic carbocycles. The fourth-order valence-corrected chi connectivity index (χ4v) is 2.45. The Balaban J connectivity index is 2.02. The van der Waals surface area contributed by atoms with Gasteiger partial charge in [0.25, 0.3) is 0 Å². The predicted molar refractivity (Wildman–Crippen MR) is 67.6 cm³/mol. The molecule has 3 nitrogen and oxygen atoms in total. The highest BCUT2D eigenvalue weighted by Crippen LogP contribution is 2.47. The Labute approximate surface area is 103 Å². The molecule has 96 valence electrons. The van der Waals surface area contributed by atoms with E-state index in [1.54, 1.807) is 0 Å². The highest BCUT2D eigenvalue weighted by atomic mass is 16.4. The van der Waals surface area contributed by atoms with Crippen molar-refractivity contribution in [3.05, 3.63) is 23.7 Å². The van der Waals surface area contributed by atoms with E-state index in [-0.39, 0.29) is 5.92 Å². The lowest BCUT2D eigenvalue weighted by atomic mass is 9.96. The van der Waals surface area contributed by atoms with Crippen LogP contribution in [0.15, 0.2) is 16.5 Å². The first-order valence-corrected chi connectivity index (χ1v) is 6.65. The van der Waals surface area contributed by atoms with E-state index in [4.69, 9.17) is 10.2 Å². The Morgan fingerprint density at radius 1 is 1.53 bits per heavy atom. The SMILES string of the molecule is CCCC(CN)C(O)c1ccc(C2CC2C)o1. The van der Waals surface area contributed by atoms with E-state index in [0.29, 0.717) is 18.2 Å². The highest BCUT2D eigenvalue weighted by Gasteiger charge is 2.37. The molecule has 3 N–H and O–H groups in total. The average molecular weight is 237 g/mol. The fraction of sp³-hybridized carbons (Fsp3) is 0.714. The van der Waals surface area contributed by atoms with Crippen LogP contribution in [0.5, 0.6) is 0 Å². The van der Waals surface area contributed by atoms with Gasteiger partial charge in [0, 0.05) is 11.8 Å². The van der Waals surface area contributed by atoms with Crippen LogP contribution in [0.4, 0.5) is 0 Å². The first-order chi connectivity index (χ1) is 8.17. The molecule has 3 heteroatoms. The van der Waals surface area contributed by atoms with Crippen LogP contribution >= 0.6 is 0 Å². The second-order valence-corrected chi connectivity index (χ2v) is 5.29. The Morgan fingerprint density at radius 3 is 2.76 bits per heavy atom. The summed E-state index contributed by atoms with van der Waals surface area (Å²) in [6, 6.07) is 3.91. The zero-order chi connectivity index (χ0) is 12.4. The molecule has 0 saturated heterocycles. The molecular weight excluding hydrogens is 214 g/mol. The molecule has 1 aromatic heterocycles. The van der Waals surface area contributed by atoms with Crippen molar-refractivity contribution in [3.63, 3.8) is 0 Å². The molecule has 1 aromatic rings. The van der Waals surface area contributed by atoms with Crippen molar-refractivity contribution in [3.8, 4) is 0 Å². The summed E-state index contributed by atoms with van der Waals surface area (Å²) >= 11 is 0. The fourth-order valence-electron chi connectivity index (χ4n) is 2.45. The van der Waals surface area contributed by atoms with Crippen molar-refractivity contribution in [1.82, 2.24) is 0 Å². The van der Waals surface area contributed by atoms with Gasteiger partial charge in [0.2, 0.25) is 0 Å². The number of nitrogens with two attached hydrogens (primary N) is 1. The van der Waals surface area contributed by atoms with Crippen molar-refractivity contribution >= 4 is 0 Å². The van der Waals surface area contributed by atoms with Crippen LogP contribution in [0.2, 0.25) is 0 Å². The van der Waals surface area contributed by atoms with E-state index < -0.39 is 6.10 Å². The van der Waals surface area contributed by atoms with Gasteiger partial charge < -0.3 is 15.3 Å². The maximum atomic E-state index is 10.2. The summed E-state index contributed by atoms with van der Waals surface area (Å²) in [7, 11) is 0. The maximum absolute atomic E-state index is 10.2. The molecule has 1 saturated carbocycles. The van der Waals surface area contributed by atoms with Crippen LogP contribution in [0.3, 0.4) is 0 Å². The van der Waals surface area contributed by atoms with E-state index in [1.165, 1.54) is 6.42 Å². The second kappa shape index (κ2) is 5.23. The molecule has 2 rings (SSSR count). The lowest BCUT2D eigenvalue weighted by molar-refractivity contribution is 0.0832. The van der Waals surface area contributed by atoms with Crippen molar-refractivity contribution in [1.29, 1.82) is 0 Å². The van der Waals surface area contributed by atoms with Gasteiger partial charge in [0.15, 0.2) is 0 Å². The smallest absolute Gasteiger partial charge is 0.133 e. The summed E-state index contributed by atoms with van der Waals surface area (Å²) in [6.07, 6.45) is 2.63. The van der Waals surface area contributed by atoms with Gasteiger partial charge in [-0.3, -0.25) is 0 Å². The minimum atomic E-state index is -0.553. The first-order valence-electron chi connectivity index (χ1n) is 6.65. The standard InChI is InChI=1S/C14H23NO2/c1-3-4-10(8-15)14(16)13-6-5-12(17-13)11-7-9(11)2/h5-6,9-11,14,16H,3-4,7-8,15H2,1-2H3. The molecule has 4 unspecified atom stereocenters. The monoisotopic (exact) mass is 237 g/mol. The molecular formula is C14H23NO2. The minimum Gasteiger partial charge on any atom is -0.463 e. The predicted octanol–water partition coefficient (Wildman–Crippen LogP) is 2.81. The van der Waals surface area contributed by atoms with E-state index in [0.717, 1.165) is 24.5 Å². The maximum Gasteiger partial charge on any atom is 0.133 e. The summed E-state index contributed by atoms with van der Waals surface area (Å²) in [5.41, 5.74) is 5.70. The summed E-state index contributed by atoms with van der Waals surface area (Å²) in [5, 5.41) is 10.2. The molecule has 0 radical (unpaired) electrons. The summed E-state index contributed by atoms with van der Waals surface area (Å²) in [4.78, 5) is 0. The minimum absolute atomic E-state index is 0.107. The highest BCUT2D eigenvalue weighted by molar-refractivity contribution is 5.19. The molecule has 1 fully saturated rings. The number of rotatable bonds is 6. The molecule has 0 aliphatic heterocycles. The Kier molecular flexibility index (Phi) is 3.89. The molecule has 1 aliphatic carbocycles. The van der Waals surface area contributed by atoms with Gasteiger partial charge >= 0.3 is 0 Å². The summed E-state index contributed by atoms with van der Waals surface area (Å²) < 4.78 is 5.76. The van der Waals surface area contributed by atoms with Gasteiger partial charge in [-0.2, -0.15) is 0 Å². The number of hydrogen-bond acceptors (Lipinski definition) is 3. The molecule has 1 aliphatic rings. The molecule has 0 bridgehead atoms. The van der Waals surface area contributed by atoms with Gasteiger partial charge in [0.1, 0.15) is 17.6 Å². The van der Waals surface area contributed by atoms with E-state index in [1.807, 2.05) is 12.1 Å². The van der Waals surface area contributed by atoms with Gasteiger partial charge in [-0.1, -0.05) is 20.3 Å². The van der Waals surface area contributed by atoms with Crippen LogP contribution in [0, 0.1) is 11.8 Å². The molecule has 17 heavy (non-hydrogen) atoms. The lowest BCUT2D eigenvalue weighted by Crippen LogP contribution is -2.21. The summed E-state index contributed by atoms with van der Waals surface area (Å²) in [5.74, 6) is 3.11. The normalized spacial score (nSPS) is 26.8. The Bertz CT molecular complexity index is 361. The van der Waals surface area contributed by atoms with E-state index in [9.17, 15) is 5.11 Å². The zero-order valence-electron chi connectivity index (χ0n) is 10.7. The summed E-state index contributed by atoms with van der Waals surface area (Å²) in [6.45, 7) is 4.84. The van der Waals surface area contributed by atoms with Crippen LogP contribution in [0.1, 0.15) is 56.7 Å². The number of furan rings is 1. The Hall–Kier alpha value is -0.800. The van der Waals surface area contributed by atoms with E-state index in [2.05, 4.69) is 13.8 Å². The second-order valence-electron chi connectivity index (χ2n) is 5.29. The van der Waals surface area contributed by atoms with Gasteiger partial charge in [-0.25, -0.2) is 0 Å². The number of aliphatic hydroxyl groups excluding tert-OH is 1. The van der Waals surface area contributed by atoms with Gasteiger partial charge in [0.05, 0.1) is 0 Å². The molecule has 1 heterocycles. The average Bonchev–Trinajstić information content (AvgIpc) is 2.87. The van der Waals surface area contributed by atoms with Crippen molar-refractivity contribution in [2.24, 2.45) is 17.6 Å². The quantitative estimate of drug-likeness (QED) is 0.799. The van der Waals surface area contributed by atoms with Crippen LogP contribution in [-0.4, -0.2) is 11.7 Å². The Morgan fingerprint density at radius 2 is 2.24 bits per heavy atom. The third-order valence-electron chi connectivity index (χ3n) is 3.82. The van der Waals surface area contributed by atoms with Crippen molar-refractivity contribution in [2.75, 3.05) is 6.54 Å². The van der Waals surface area contributed by atoms with Crippen LogP contribution in [-0.2, 0) is 0 Å². The van der Waals surface area contributed by atoms with E-state index >= 15 is 0 Å². The van der Waals surface area contributed by atoms with Gasteiger partial charge in [-0.05, 0) is 37.4 Å².